The Balaban J connectivity index is 0.00000236. The van der Waals surface area contributed by atoms with Gasteiger partial charge < -0.3 is 14.0 Å². The third-order valence-corrected chi connectivity index (χ3v) is 11.9. The van der Waals surface area contributed by atoms with Crippen molar-refractivity contribution in [2.75, 3.05) is 13.7 Å². The van der Waals surface area contributed by atoms with Crippen LogP contribution in [0, 0.1) is 13.8 Å². The van der Waals surface area contributed by atoms with Gasteiger partial charge in [-0.1, -0.05) is 57.5 Å². The first-order valence-corrected chi connectivity index (χ1v) is 21.0. The molecule has 6 aromatic rings. The molecule has 7 rings (SSSR count). The smallest absolute Gasteiger partial charge is 0.354 e. The van der Waals surface area contributed by atoms with Gasteiger partial charge in [0.15, 0.2) is 0 Å². The van der Waals surface area contributed by atoms with Gasteiger partial charge in [-0.25, -0.2) is 4.79 Å². The fraction of sp³-hybridized carbons (Fsp3) is 0.419. The molecule has 8 nitrogen and oxygen atoms in total. The maximum Gasteiger partial charge on any atom is 0.354 e. The summed E-state index contributed by atoms with van der Waals surface area (Å²) in [6.07, 6.45) is 2.66. The van der Waals surface area contributed by atoms with E-state index in [2.05, 4.69) is 98.5 Å². The molecule has 0 radical (unpaired) electrons. The van der Waals surface area contributed by atoms with Crippen LogP contribution in [0.4, 0.5) is 0 Å². The van der Waals surface area contributed by atoms with Crippen molar-refractivity contribution < 1.29 is 14.3 Å². The van der Waals surface area contributed by atoms with Gasteiger partial charge in [-0.2, -0.15) is 10.2 Å². The number of carbonyl (C=O) groups is 1. The van der Waals surface area contributed by atoms with E-state index in [0.717, 1.165) is 85.1 Å². The summed E-state index contributed by atoms with van der Waals surface area (Å²) in [6, 6.07) is 19.8. The number of aromatic nitrogens is 5. The lowest BCUT2D eigenvalue weighted by Crippen LogP contribution is -2.13. The molecule has 0 fully saturated rings. The van der Waals surface area contributed by atoms with Crippen LogP contribution >= 0.6 is 23.5 Å². The van der Waals surface area contributed by atoms with Crippen LogP contribution in [-0.2, 0) is 42.0 Å². The van der Waals surface area contributed by atoms with Crippen LogP contribution < -0.4 is 4.74 Å². The van der Waals surface area contributed by atoms with E-state index in [1.54, 1.807) is 11.8 Å². The Bertz CT molecular complexity index is 2250. The lowest BCUT2D eigenvalue weighted by Gasteiger charge is -2.15. The van der Waals surface area contributed by atoms with Gasteiger partial charge in [0.2, 0.25) is 0 Å². The average Bonchev–Trinajstić information content (AvgIpc) is 3.80. The molecule has 0 amide bonds. The van der Waals surface area contributed by atoms with Gasteiger partial charge in [-0.3, -0.25) is 9.36 Å². The van der Waals surface area contributed by atoms with E-state index in [0.29, 0.717) is 25.3 Å². The summed E-state index contributed by atoms with van der Waals surface area (Å²) in [5, 5.41) is 13.5. The first-order valence-electron chi connectivity index (χ1n) is 18.9. The number of hydrogen-bond acceptors (Lipinski definition) is 7. The number of rotatable bonds is 4. The van der Waals surface area contributed by atoms with Crippen LogP contribution in [0.5, 0.6) is 5.75 Å². The quantitative estimate of drug-likeness (QED) is 0.166. The molecule has 0 saturated carbocycles. The number of methoxy groups -OCH3 is 1. The molecule has 0 N–H and O–H groups in total. The number of nitrogens with zero attached hydrogens (tertiary/aromatic N) is 5. The summed E-state index contributed by atoms with van der Waals surface area (Å²) in [4.78, 5) is 14.7. The molecule has 1 aliphatic heterocycles. The van der Waals surface area contributed by atoms with Crippen LogP contribution in [0.25, 0.3) is 32.8 Å². The SMILES string of the molecule is CC.CCCc1ccc2c3c(C)c(C(=O)OC)n2CCCOc2cc(cc4ccccc24)SCc2cc(n(C(C)C)n2)CSCc2nn(C)c(C)c2-c13. The standard InChI is InChI=1S/C41H47N5O3S2.C2H6/c1-8-12-28-15-16-35-37-26(4)40(41(47)48-7)45(35)17-11-18-49-36-21-32(19-29-13-9-10-14-33(29)36)51-22-30-20-31(46(42-30)25(2)3)23-50-24-34-38(39(28)37)27(5)44(6)43-34;1-2/h9-10,13-16,19-21,25H,8,11-12,17-18,22-24H2,1-7H3;1-2H3. The second-order valence-corrected chi connectivity index (χ2v) is 15.7. The molecule has 4 heterocycles. The molecule has 3 aromatic carbocycles. The molecule has 1 aliphatic rings. The Morgan fingerprint density at radius 1 is 1.00 bits per heavy atom. The van der Waals surface area contributed by atoms with Crippen molar-refractivity contribution in [2.45, 2.75) is 102 Å². The zero-order chi connectivity index (χ0) is 37.8. The number of benzene rings is 3. The van der Waals surface area contributed by atoms with Crippen molar-refractivity contribution in [3.63, 3.8) is 0 Å². The highest BCUT2D eigenvalue weighted by atomic mass is 32.2. The summed E-state index contributed by atoms with van der Waals surface area (Å²) in [5.74, 6) is 2.91. The average molecular weight is 752 g/mol. The minimum atomic E-state index is -0.322. The molecule has 53 heavy (non-hydrogen) atoms. The molecular formula is C43H53N5O3S2. The lowest BCUT2D eigenvalue weighted by atomic mass is 9.90. The van der Waals surface area contributed by atoms with Crippen LogP contribution in [0.1, 0.15) is 97.9 Å². The van der Waals surface area contributed by atoms with Crippen LogP contribution in [0.15, 0.2) is 59.5 Å². The number of thioether (sulfide) groups is 2. The maximum absolute atomic E-state index is 13.5. The first kappa shape index (κ1) is 38.6. The highest BCUT2D eigenvalue weighted by molar-refractivity contribution is 7.98. The molecule has 0 saturated heterocycles. The van der Waals surface area contributed by atoms with E-state index in [1.807, 2.05) is 37.3 Å². The van der Waals surface area contributed by atoms with E-state index in [4.69, 9.17) is 19.7 Å². The summed E-state index contributed by atoms with van der Waals surface area (Å²) in [5.41, 5.74) is 10.7. The molecule has 280 valence electrons. The Labute approximate surface area is 322 Å². The van der Waals surface area contributed by atoms with Crippen LogP contribution in [0.2, 0.25) is 0 Å². The van der Waals surface area contributed by atoms with E-state index < -0.39 is 0 Å². The van der Waals surface area contributed by atoms with Gasteiger partial charge in [-0.05, 0) is 86.9 Å². The molecule has 8 bridgehead atoms. The van der Waals surface area contributed by atoms with Gasteiger partial charge in [0.05, 0.1) is 25.1 Å². The number of fused-ring (bicyclic) bond motifs is 8. The molecule has 0 spiro atoms. The zero-order valence-electron chi connectivity index (χ0n) is 32.7. The monoisotopic (exact) mass is 751 g/mol. The highest BCUT2D eigenvalue weighted by Crippen LogP contribution is 2.42. The van der Waals surface area contributed by atoms with E-state index in [9.17, 15) is 4.79 Å². The minimum absolute atomic E-state index is 0.253. The van der Waals surface area contributed by atoms with Gasteiger partial charge in [-0.15, -0.1) is 23.5 Å². The molecule has 0 unspecified atom stereocenters. The zero-order valence-corrected chi connectivity index (χ0v) is 34.3. The number of aryl methyl sites for hydroxylation is 4. The molecular weight excluding hydrogens is 699 g/mol. The van der Waals surface area contributed by atoms with Crippen molar-refractivity contribution in [1.82, 2.24) is 24.1 Å². The lowest BCUT2D eigenvalue weighted by molar-refractivity contribution is 0.0587. The largest absolute Gasteiger partial charge is 0.493 e. The number of ether oxygens (including phenoxy) is 2. The normalized spacial score (nSPS) is 13.7. The molecule has 0 aliphatic carbocycles. The van der Waals surface area contributed by atoms with E-state index in [-0.39, 0.29) is 12.0 Å². The summed E-state index contributed by atoms with van der Waals surface area (Å²) in [7, 11) is 3.50. The second-order valence-electron chi connectivity index (χ2n) is 13.7. The highest BCUT2D eigenvalue weighted by Gasteiger charge is 2.28. The molecule has 10 heteroatoms. The summed E-state index contributed by atoms with van der Waals surface area (Å²) >= 11 is 3.67. The second kappa shape index (κ2) is 16.9. The Kier molecular flexibility index (Phi) is 12.3. The number of esters is 1. The van der Waals surface area contributed by atoms with Crippen LogP contribution in [-0.4, -0.2) is 43.8 Å². The molecule has 3 aromatic heterocycles. The van der Waals surface area contributed by atoms with Gasteiger partial charge in [0.25, 0.3) is 0 Å². The van der Waals surface area contributed by atoms with E-state index >= 15 is 0 Å². The fourth-order valence-corrected chi connectivity index (χ4v) is 9.30. The predicted octanol–water partition coefficient (Wildman–Crippen LogP) is 10.9. The van der Waals surface area contributed by atoms with Crippen molar-refractivity contribution >= 4 is 51.2 Å². The molecule has 0 atom stereocenters. The van der Waals surface area contributed by atoms with Gasteiger partial charge in [0, 0.05) is 75.0 Å². The Hall–Kier alpha value is -4.15. The number of hydrogen-bond donors (Lipinski definition) is 0. The predicted molar refractivity (Wildman–Crippen MR) is 222 cm³/mol. The summed E-state index contributed by atoms with van der Waals surface area (Å²) in [6.45, 7) is 16.0. The van der Waals surface area contributed by atoms with Crippen LogP contribution in [0.3, 0.4) is 0 Å². The maximum atomic E-state index is 13.5. The Morgan fingerprint density at radius 3 is 2.55 bits per heavy atom. The third-order valence-electron chi connectivity index (χ3n) is 9.92. The van der Waals surface area contributed by atoms with Gasteiger partial charge >= 0.3 is 5.97 Å². The van der Waals surface area contributed by atoms with Crippen molar-refractivity contribution in [3.8, 4) is 16.9 Å². The van der Waals surface area contributed by atoms with Gasteiger partial charge in [0.1, 0.15) is 11.4 Å². The fourth-order valence-electron chi connectivity index (χ4n) is 7.52. The summed E-state index contributed by atoms with van der Waals surface area (Å²) < 4.78 is 18.3. The van der Waals surface area contributed by atoms with Crippen molar-refractivity contribution in [1.29, 1.82) is 0 Å². The topological polar surface area (TPSA) is 76.1 Å². The number of carbonyl (C=O) groups excluding carboxylic acids is 1. The Morgan fingerprint density at radius 2 is 1.79 bits per heavy atom. The van der Waals surface area contributed by atoms with E-state index in [1.165, 1.54) is 29.5 Å². The third kappa shape index (κ3) is 7.63. The van der Waals surface area contributed by atoms with Crippen molar-refractivity contribution in [2.24, 2.45) is 7.05 Å². The first-order chi connectivity index (χ1) is 25.7. The minimum Gasteiger partial charge on any atom is -0.493 e. The van der Waals surface area contributed by atoms with Crippen molar-refractivity contribution in [3.05, 3.63) is 94.2 Å².